The number of ketones is 3. The van der Waals surface area contributed by atoms with Crippen LogP contribution in [0, 0.1) is 0 Å². The molecule has 6 nitrogen and oxygen atoms in total. The van der Waals surface area contributed by atoms with Crippen LogP contribution >= 0.6 is 0 Å². The van der Waals surface area contributed by atoms with Crippen molar-refractivity contribution in [2.45, 2.75) is 46.0 Å². The summed E-state index contributed by atoms with van der Waals surface area (Å²) in [6, 6.07) is 2.74. The Morgan fingerprint density at radius 3 is 1.64 bits per heavy atom. The monoisotopic (exact) mass is 308 g/mol. The first-order valence-corrected chi connectivity index (χ1v) is 6.82. The largest absolute Gasteiger partial charge is 0.392 e. The van der Waals surface area contributed by atoms with Crippen LogP contribution in [-0.2, 0) is 27.4 Å². The zero-order valence-corrected chi connectivity index (χ0v) is 12.8. The SMILES string of the molecule is CC(=O)Cc1cc(C(O)C(C)=O)c(C(O)C(C)=O)cc1CO. The van der Waals surface area contributed by atoms with E-state index in [4.69, 9.17) is 0 Å². The van der Waals surface area contributed by atoms with Crippen LogP contribution in [0.2, 0.25) is 0 Å². The third-order valence-corrected chi connectivity index (χ3v) is 3.37. The molecule has 0 radical (unpaired) electrons. The molecule has 3 N–H and O–H groups in total. The van der Waals surface area contributed by atoms with Gasteiger partial charge in [0.15, 0.2) is 11.6 Å². The Morgan fingerprint density at radius 2 is 1.32 bits per heavy atom. The van der Waals surface area contributed by atoms with Crippen LogP contribution in [0.4, 0.5) is 0 Å². The van der Waals surface area contributed by atoms with Crippen LogP contribution in [-0.4, -0.2) is 32.7 Å². The minimum atomic E-state index is -1.51. The van der Waals surface area contributed by atoms with Gasteiger partial charge in [-0.2, -0.15) is 0 Å². The Bertz CT molecular complexity index is 605. The predicted octanol–water partition coefficient (Wildman–Crippen LogP) is 0.555. The van der Waals surface area contributed by atoms with E-state index in [-0.39, 0.29) is 23.3 Å². The summed E-state index contributed by atoms with van der Waals surface area (Å²) in [6.45, 7) is 3.34. The molecule has 22 heavy (non-hydrogen) atoms. The third-order valence-electron chi connectivity index (χ3n) is 3.37. The molecule has 1 aromatic rings. The van der Waals surface area contributed by atoms with Gasteiger partial charge < -0.3 is 15.3 Å². The lowest BCUT2D eigenvalue weighted by Crippen LogP contribution is -2.18. The molecule has 0 amide bonds. The lowest BCUT2D eigenvalue weighted by Gasteiger charge is -2.20. The van der Waals surface area contributed by atoms with E-state index in [1.165, 1.54) is 32.9 Å². The maximum absolute atomic E-state index is 11.4. The molecule has 0 heterocycles. The number of hydrogen-bond acceptors (Lipinski definition) is 6. The molecular formula is C16H20O6. The molecule has 1 aromatic carbocycles. The minimum Gasteiger partial charge on any atom is -0.392 e. The van der Waals surface area contributed by atoms with E-state index >= 15 is 0 Å². The van der Waals surface area contributed by atoms with Gasteiger partial charge in [-0.05, 0) is 49.1 Å². The number of benzene rings is 1. The zero-order chi connectivity index (χ0) is 17.0. The van der Waals surface area contributed by atoms with Crippen molar-refractivity contribution in [1.82, 2.24) is 0 Å². The first kappa shape index (κ1) is 18.2. The summed E-state index contributed by atoms with van der Waals surface area (Å²) in [4.78, 5) is 34.2. The summed E-state index contributed by atoms with van der Waals surface area (Å²) in [5, 5.41) is 29.4. The van der Waals surface area contributed by atoms with Crippen LogP contribution in [0.15, 0.2) is 12.1 Å². The fraction of sp³-hybridized carbons (Fsp3) is 0.438. The normalized spacial score (nSPS) is 13.5. The topological polar surface area (TPSA) is 112 Å². The van der Waals surface area contributed by atoms with Gasteiger partial charge in [0.05, 0.1) is 6.61 Å². The number of Topliss-reactive ketones (excluding diaryl/α,β-unsaturated/α-hetero) is 3. The number of rotatable bonds is 7. The van der Waals surface area contributed by atoms with Crippen molar-refractivity contribution in [3.8, 4) is 0 Å². The first-order chi connectivity index (χ1) is 10.2. The smallest absolute Gasteiger partial charge is 0.162 e. The summed E-state index contributed by atoms with van der Waals surface area (Å²) in [6.07, 6.45) is -3.01. The average Bonchev–Trinajstić information content (AvgIpc) is 2.44. The van der Waals surface area contributed by atoms with Crippen LogP contribution in [0.3, 0.4) is 0 Å². The van der Waals surface area contributed by atoms with Gasteiger partial charge in [-0.3, -0.25) is 14.4 Å². The van der Waals surface area contributed by atoms with E-state index in [0.29, 0.717) is 11.1 Å². The molecule has 0 aliphatic rings. The van der Waals surface area contributed by atoms with Crippen molar-refractivity contribution in [1.29, 1.82) is 0 Å². The van der Waals surface area contributed by atoms with Gasteiger partial charge in [0.2, 0.25) is 0 Å². The molecule has 0 aromatic heterocycles. The molecule has 0 saturated carbocycles. The summed E-state index contributed by atoms with van der Waals surface area (Å²) in [7, 11) is 0. The molecule has 0 aliphatic heterocycles. The molecule has 0 spiro atoms. The number of carbonyl (C=O) groups excluding carboxylic acids is 3. The Labute approximate surface area is 128 Å². The standard InChI is InChI=1S/C16H20O6/c1-8(18)4-11-5-13(15(21)9(2)19)14(6-12(11)7-17)16(22)10(3)20/h5-6,15-17,21-22H,4,7H2,1-3H3. The Morgan fingerprint density at radius 1 is 0.909 bits per heavy atom. The molecule has 2 atom stereocenters. The molecule has 0 bridgehead atoms. The Balaban J connectivity index is 3.56. The predicted molar refractivity (Wildman–Crippen MR) is 78.0 cm³/mol. The second-order valence-electron chi connectivity index (χ2n) is 5.31. The molecular weight excluding hydrogens is 288 g/mol. The van der Waals surface area contributed by atoms with E-state index in [0.717, 1.165) is 0 Å². The van der Waals surface area contributed by atoms with Crippen molar-refractivity contribution < 1.29 is 29.7 Å². The quantitative estimate of drug-likeness (QED) is 0.678. The van der Waals surface area contributed by atoms with Crippen molar-refractivity contribution in [2.24, 2.45) is 0 Å². The highest BCUT2D eigenvalue weighted by Crippen LogP contribution is 2.29. The summed E-state index contributed by atoms with van der Waals surface area (Å²) < 4.78 is 0. The number of carbonyl (C=O) groups is 3. The van der Waals surface area contributed by atoms with Crippen molar-refractivity contribution >= 4 is 17.3 Å². The van der Waals surface area contributed by atoms with Crippen LogP contribution in [0.5, 0.6) is 0 Å². The van der Waals surface area contributed by atoms with Gasteiger partial charge in [0.25, 0.3) is 0 Å². The van der Waals surface area contributed by atoms with Gasteiger partial charge in [-0.1, -0.05) is 6.07 Å². The lowest BCUT2D eigenvalue weighted by molar-refractivity contribution is -0.127. The second-order valence-corrected chi connectivity index (χ2v) is 5.31. The summed E-state index contributed by atoms with van der Waals surface area (Å²) in [5.74, 6) is -1.26. The molecule has 0 aliphatic carbocycles. The second kappa shape index (κ2) is 7.40. The van der Waals surface area contributed by atoms with Crippen molar-refractivity contribution in [3.05, 3.63) is 34.4 Å². The van der Waals surface area contributed by atoms with Crippen molar-refractivity contribution in [2.75, 3.05) is 0 Å². The van der Waals surface area contributed by atoms with E-state index in [9.17, 15) is 29.7 Å². The highest BCUT2D eigenvalue weighted by molar-refractivity contribution is 5.86. The maximum atomic E-state index is 11.4. The number of hydrogen-bond donors (Lipinski definition) is 3. The lowest BCUT2D eigenvalue weighted by atomic mass is 9.89. The first-order valence-electron chi connectivity index (χ1n) is 6.82. The number of aliphatic hydroxyl groups excluding tert-OH is 3. The van der Waals surface area contributed by atoms with Gasteiger partial charge in [-0.25, -0.2) is 0 Å². The van der Waals surface area contributed by atoms with Crippen LogP contribution in [0.1, 0.15) is 55.2 Å². The Kier molecular flexibility index (Phi) is 6.11. The van der Waals surface area contributed by atoms with Gasteiger partial charge in [-0.15, -0.1) is 0 Å². The van der Waals surface area contributed by atoms with Gasteiger partial charge in [0, 0.05) is 6.42 Å². The fourth-order valence-corrected chi connectivity index (χ4v) is 2.22. The van der Waals surface area contributed by atoms with Crippen LogP contribution in [0.25, 0.3) is 0 Å². The highest BCUT2D eigenvalue weighted by atomic mass is 16.3. The zero-order valence-electron chi connectivity index (χ0n) is 12.8. The van der Waals surface area contributed by atoms with Gasteiger partial charge >= 0.3 is 0 Å². The molecule has 0 saturated heterocycles. The summed E-state index contributed by atoms with van der Waals surface area (Å²) in [5.41, 5.74) is 0.949. The average molecular weight is 308 g/mol. The molecule has 0 fully saturated rings. The minimum absolute atomic E-state index is 0.0178. The van der Waals surface area contributed by atoms with E-state index in [1.54, 1.807) is 0 Å². The molecule has 120 valence electrons. The highest BCUT2D eigenvalue weighted by Gasteiger charge is 2.25. The molecule has 2 unspecified atom stereocenters. The van der Waals surface area contributed by atoms with E-state index in [2.05, 4.69) is 0 Å². The third kappa shape index (κ3) is 4.07. The van der Waals surface area contributed by atoms with Gasteiger partial charge in [0.1, 0.15) is 18.0 Å². The van der Waals surface area contributed by atoms with Crippen LogP contribution < -0.4 is 0 Å². The number of aliphatic hydroxyl groups is 3. The molecule has 6 heteroatoms. The van der Waals surface area contributed by atoms with E-state index < -0.39 is 30.4 Å². The maximum Gasteiger partial charge on any atom is 0.162 e. The molecule has 1 rings (SSSR count). The Hall–Kier alpha value is -1.89. The summed E-state index contributed by atoms with van der Waals surface area (Å²) >= 11 is 0. The van der Waals surface area contributed by atoms with E-state index in [1.807, 2.05) is 0 Å². The fourth-order valence-electron chi connectivity index (χ4n) is 2.22. The van der Waals surface area contributed by atoms with Crippen molar-refractivity contribution in [3.63, 3.8) is 0 Å².